The first kappa shape index (κ1) is 16.8. The third kappa shape index (κ3) is 3.37. The molecule has 2 aliphatic heterocycles. The molecular formula is C18H23N5O3. The molecule has 8 nitrogen and oxygen atoms in total. The van der Waals surface area contributed by atoms with Gasteiger partial charge in [0.25, 0.3) is 5.91 Å². The quantitative estimate of drug-likeness (QED) is 0.864. The highest BCUT2D eigenvalue weighted by Gasteiger charge is 2.27. The van der Waals surface area contributed by atoms with Crippen LogP contribution in [0.4, 0.5) is 4.79 Å². The van der Waals surface area contributed by atoms with Gasteiger partial charge in [0.1, 0.15) is 0 Å². The van der Waals surface area contributed by atoms with Crippen molar-refractivity contribution in [3.63, 3.8) is 0 Å². The Morgan fingerprint density at radius 2 is 1.96 bits per heavy atom. The van der Waals surface area contributed by atoms with E-state index in [0.717, 1.165) is 30.4 Å². The van der Waals surface area contributed by atoms with Crippen molar-refractivity contribution in [3.8, 4) is 0 Å². The maximum absolute atomic E-state index is 12.8. The number of carbonyl (C=O) groups excluding carboxylic acids is 2. The van der Waals surface area contributed by atoms with Crippen LogP contribution in [0.15, 0.2) is 24.3 Å². The predicted octanol–water partition coefficient (Wildman–Crippen LogP) is 1.21. The molecule has 3 amide bonds. The van der Waals surface area contributed by atoms with Crippen LogP contribution in [-0.2, 0) is 4.74 Å². The summed E-state index contributed by atoms with van der Waals surface area (Å²) in [5, 5.41) is 10.8. The summed E-state index contributed by atoms with van der Waals surface area (Å²) in [5.74, 6) is -0.0955. The van der Waals surface area contributed by atoms with Crippen LogP contribution in [0, 0.1) is 0 Å². The Morgan fingerprint density at radius 3 is 2.73 bits per heavy atom. The summed E-state index contributed by atoms with van der Waals surface area (Å²) in [4.78, 5) is 28.5. The average molecular weight is 357 g/mol. The van der Waals surface area contributed by atoms with E-state index in [1.54, 1.807) is 9.80 Å². The van der Waals surface area contributed by atoms with E-state index in [4.69, 9.17) is 4.74 Å². The second-order valence-electron chi connectivity index (χ2n) is 6.72. The minimum Gasteiger partial charge on any atom is -0.376 e. The zero-order valence-corrected chi connectivity index (χ0v) is 14.6. The molecule has 0 spiro atoms. The van der Waals surface area contributed by atoms with Gasteiger partial charge in [-0.3, -0.25) is 9.89 Å². The van der Waals surface area contributed by atoms with Crippen molar-refractivity contribution in [1.82, 2.24) is 25.3 Å². The van der Waals surface area contributed by atoms with Gasteiger partial charge in [-0.15, -0.1) is 0 Å². The lowest BCUT2D eigenvalue weighted by Gasteiger charge is -2.34. The Morgan fingerprint density at radius 1 is 1.19 bits per heavy atom. The van der Waals surface area contributed by atoms with Gasteiger partial charge in [0.05, 0.1) is 11.6 Å². The lowest BCUT2D eigenvalue weighted by molar-refractivity contribution is 0.0656. The third-order valence-electron chi connectivity index (χ3n) is 5.03. The second kappa shape index (κ2) is 7.33. The van der Waals surface area contributed by atoms with E-state index in [2.05, 4.69) is 15.5 Å². The summed E-state index contributed by atoms with van der Waals surface area (Å²) in [7, 11) is 0. The van der Waals surface area contributed by atoms with E-state index >= 15 is 0 Å². The molecule has 0 bridgehead atoms. The van der Waals surface area contributed by atoms with E-state index in [1.807, 2.05) is 24.3 Å². The van der Waals surface area contributed by atoms with Crippen molar-refractivity contribution in [2.24, 2.45) is 0 Å². The fourth-order valence-electron chi connectivity index (χ4n) is 3.51. The van der Waals surface area contributed by atoms with Crippen molar-refractivity contribution < 1.29 is 14.3 Å². The summed E-state index contributed by atoms with van der Waals surface area (Å²) in [6.07, 6.45) is 2.19. The van der Waals surface area contributed by atoms with E-state index in [1.165, 1.54) is 0 Å². The van der Waals surface area contributed by atoms with Crippen molar-refractivity contribution in [1.29, 1.82) is 0 Å². The molecule has 4 rings (SSSR count). The van der Waals surface area contributed by atoms with Crippen LogP contribution in [0.3, 0.4) is 0 Å². The van der Waals surface area contributed by atoms with Crippen LogP contribution in [0.2, 0.25) is 0 Å². The molecule has 1 aromatic carbocycles. The molecule has 3 heterocycles. The van der Waals surface area contributed by atoms with Crippen LogP contribution < -0.4 is 5.32 Å². The normalized spacial score (nSPS) is 20.5. The van der Waals surface area contributed by atoms with Gasteiger partial charge in [0.2, 0.25) is 0 Å². The van der Waals surface area contributed by atoms with Crippen LogP contribution in [0.1, 0.15) is 23.3 Å². The number of urea groups is 1. The van der Waals surface area contributed by atoms with E-state index in [0.29, 0.717) is 38.4 Å². The van der Waals surface area contributed by atoms with Gasteiger partial charge in [0.15, 0.2) is 5.69 Å². The minimum absolute atomic E-state index is 0.0854. The topological polar surface area (TPSA) is 90.6 Å². The monoisotopic (exact) mass is 357 g/mol. The zero-order valence-electron chi connectivity index (χ0n) is 14.6. The smallest absolute Gasteiger partial charge is 0.317 e. The molecule has 0 unspecified atom stereocenters. The number of para-hydroxylation sites is 1. The van der Waals surface area contributed by atoms with E-state index < -0.39 is 0 Å². The van der Waals surface area contributed by atoms with Crippen molar-refractivity contribution in [3.05, 3.63) is 30.0 Å². The second-order valence-corrected chi connectivity index (χ2v) is 6.72. The standard InChI is InChI=1S/C18H23N5O3/c24-17(16-14-5-1-2-6-15(14)20-21-16)22-7-9-23(10-8-22)18(25)19-12-13-4-3-11-26-13/h1-2,5-6,13H,3-4,7-12H2,(H,19,25)(H,20,21)/t13-/m0/s1. The van der Waals surface area contributed by atoms with Gasteiger partial charge in [-0.2, -0.15) is 5.10 Å². The van der Waals surface area contributed by atoms with Gasteiger partial charge in [0, 0.05) is 44.7 Å². The van der Waals surface area contributed by atoms with Crippen LogP contribution in [0.25, 0.3) is 10.9 Å². The van der Waals surface area contributed by atoms with E-state index in [-0.39, 0.29) is 18.0 Å². The summed E-state index contributed by atoms with van der Waals surface area (Å²) in [6, 6.07) is 7.50. The Bertz CT molecular complexity index is 791. The van der Waals surface area contributed by atoms with Crippen molar-refractivity contribution in [2.75, 3.05) is 39.3 Å². The molecular weight excluding hydrogens is 334 g/mol. The number of rotatable bonds is 3. The molecule has 26 heavy (non-hydrogen) atoms. The number of ether oxygens (including phenoxy) is 1. The maximum atomic E-state index is 12.8. The molecule has 2 aliphatic rings. The first-order valence-electron chi connectivity index (χ1n) is 9.09. The van der Waals surface area contributed by atoms with Crippen molar-refractivity contribution >= 4 is 22.8 Å². The number of carbonyl (C=O) groups is 2. The van der Waals surface area contributed by atoms with Gasteiger partial charge >= 0.3 is 6.03 Å². The Hall–Kier alpha value is -2.61. The van der Waals surface area contributed by atoms with Crippen LogP contribution in [-0.4, -0.2) is 77.4 Å². The number of nitrogens with one attached hydrogen (secondary N) is 2. The molecule has 2 aromatic rings. The lowest BCUT2D eigenvalue weighted by atomic mass is 10.2. The van der Waals surface area contributed by atoms with Crippen LogP contribution in [0.5, 0.6) is 0 Å². The number of amides is 3. The first-order chi connectivity index (χ1) is 12.7. The lowest BCUT2D eigenvalue weighted by Crippen LogP contribution is -2.53. The van der Waals surface area contributed by atoms with Gasteiger partial charge in [-0.1, -0.05) is 18.2 Å². The number of hydrogen-bond donors (Lipinski definition) is 2. The molecule has 0 radical (unpaired) electrons. The molecule has 2 saturated heterocycles. The number of fused-ring (bicyclic) bond motifs is 1. The number of aromatic amines is 1. The van der Waals surface area contributed by atoms with Gasteiger partial charge in [-0.25, -0.2) is 4.79 Å². The third-order valence-corrected chi connectivity index (χ3v) is 5.03. The molecule has 1 atom stereocenters. The largest absolute Gasteiger partial charge is 0.376 e. The van der Waals surface area contributed by atoms with Gasteiger partial charge < -0.3 is 19.9 Å². The average Bonchev–Trinajstić information content (AvgIpc) is 3.35. The number of hydrogen-bond acceptors (Lipinski definition) is 4. The molecule has 8 heteroatoms. The number of H-pyrrole nitrogens is 1. The van der Waals surface area contributed by atoms with E-state index in [9.17, 15) is 9.59 Å². The highest BCUT2D eigenvalue weighted by atomic mass is 16.5. The highest BCUT2D eigenvalue weighted by molar-refractivity contribution is 6.04. The highest BCUT2D eigenvalue weighted by Crippen LogP contribution is 2.18. The summed E-state index contributed by atoms with van der Waals surface area (Å²) < 4.78 is 5.52. The molecule has 138 valence electrons. The zero-order chi connectivity index (χ0) is 17.9. The number of aromatic nitrogens is 2. The Kier molecular flexibility index (Phi) is 4.75. The Labute approximate surface area is 151 Å². The SMILES string of the molecule is O=C(NC[C@@H]1CCCO1)N1CCN(C(=O)c2n[nH]c3ccccc23)CC1. The first-order valence-corrected chi connectivity index (χ1v) is 9.09. The fourth-order valence-corrected chi connectivity index (χ4v) is 3.51. The number of piperazine rings is 1. The summed E-state index contributed by atoms with van der Waals surface area (Å²) in [6.45, 7) is 3.39. The Balaban J connectivity index is 1.31. The summed E-state index contributed by atoms with van der Waals surface area (Å²) >= 11 is 0. The van der Waals surface area contributed by atoms with Crippen LogP contribution >= 0.6 is 0 Å². The predicted molar refractivity (Wildman–Crippen MR) is 95.9 cm³/mol. The maximum Gasteiger partial charge on any atom is 0.317 e. The van der Waals surface area contributed by atoms with Crippen molar-refractivity contribution in [2.45, 2.75) is 18.9 Å². The molecule has 0 saturated carbocycles. The van der Waals surface area contributed by atoms with Gasteiger partial charge in [-0.05, 0) is 18.9 Å². The fraction of sp³-hybridized carbons (Fsp3) is 0.500. The number of benzene rings is 1. The number of nitrogens with zero attached hydrogens (tertiary/aromatic N) is 3. The molecule has 0 aliphatic carbocycles. The summed E-state index contributed by atoms with van der Waals surface area (Å²) in [5.41, 5.74) is 1.29. The minimum atomic E-state index is -0.0955. The molecule has 2 N–H and O–H groups in total. The molecule has 2 fully saturated rings. The molecule has 1 aromatic heterocycles.